The van der Waals surface area contributed by atoms with E-state index in [0.717, 1.165) is 23.1 Å². The van der Waals surface area contributed by atoms with Crippen LogP contribution >= 0.6 is 23.2 Å². The first kappa shape index (κ1) is 40.1. The van der Waals surface area contributed by atoms with Crippen molar-refractivity contribution in [3.05, 3.63) is 63.3 Å². The maximum atomic E-state index is 13.8. The lowest BCUT2D eigenvalue weighted by Crippen LogP contribution is -2.56. The molecule has 16 heteroatoms. The average molecular weight is 764 g/mol. The van der Waals surface area contributed by atoms with Crippen molar-refractivity contribution in [2.45, 2.75) is 82.9 Å². The molecule has 1 aliphatic heterocycles. The van der Waals surface area contributed by atoms with E-state index >= 15 is 0 Å². The Balaban J connectivity index is 1.42. The van der Waals surface area contributed by atoms with E-state index in [4.69, 9.17) is 45.1 Å². The molecular weight excluding hydrogens is 715 g/mol. The van der Waals surface area contributed by atoms with E-state index in [1.54, 1.807) is 15.9 Å². The second-order valence-corrected chi connectivity index (χ2v) is 15.3. The number of guanidine groups is 1. The van der Waals surface area contributed by atoms with E-state index in [1.807, 2.05) is 39.0 Å². The highest BCUT2D eigenvalue weighted by molar-refractivity contribution is 7.89. The third-order valence-corrected chi connectivity index (χ3v) is 11.2. The molecule has 2 amide bonds. The van der Waals surface area contributed by atoms with Crippen molar-refractivity contribution in [1.82, 2.24) is 19.5 Å². The largest absolute Gasteiger partial charge is 0.487 e. The van der Waals surface area contributed by atoms with Crippen LogP contribution in [0.25, 0.3) is 10.9 Å². The van der Waals surface area contributed by atoms with E-state index < -0.39 is 16.1 Å². The number of pyridine rings is 1. The number of carbonyl (C=O) groups excluding carboxylic acids is 2. The molecule has 3 aromatic rings. The number of aromatic nitrogens is 1. The normalized spacial score (nSPS) is 14.7. The van der Waals surface area contributed by atoms with Gasteiger partial charge in [0.05, 0.1) is 5.02 Å². The first-order chi connectivity index (χ1) is 24.2. The summed E-state index contributed by atoms with van der Waals surface area (Å²) < 4.78 is 36.4. The summed E-state index contributed by atoms with van der Waals surface area (Å²) in [7, 11) is -4.28. The molecule has 4 rings (SSSR count). The Morgan fingerprint density at radius 2 is 1.75 bits per heavy atom. The summed E-state index contributed by atoms with van der Waals surface area (Å²) in [6.45, 7) is 7.35. The van der Waals surface area contributed by atoms with Gasteiger partial charge in [-0.25, -0.2) is 13.4 Å². The van der Waals surface area contributed by atoms with E-state index in [2.05, 4.69) is 14.7 Å². The summed E-state index contributed by atoms with van der Waals surface area (Å²) in [6, 6.07) is 8.98. The number of nitrogens with two attached hydrogens (primary N) is 3. The number of rotatable bonds is 16. The number of aryl methyl sites for hydroxylation is 2. The minimum atomic E-state index is -4.28. The number of aliphatic imine (C=N–C) groups is 1. The maximum Gasteiger partial charge on any atom is 0.242 e. The summed E-state index contributed by atoms with van der Waals surface area (Å²) in [5, 5.41) is 1.07. The standard InChI is InChI=1S/C35H48Cl2N8O5S/c1-4-5-10-28(34(47)45-17-15-44(16-18-45)31(46)20-24(38)8-7-14-41-35(39)40)43-51(48,49)30-13-12-27(36)26(32(30)37)21-50-29-11-6-9-25-22(2)19-23(3)42-33(25)29/h6,9,11-13,19,24,28,43H,4-5,7-8,10,14-18,20-21,38H2,1-3H3,(H4,39,40,41)/t24-,28-/m0/s1. The van der Waals surface area contributed by atoms with Crippen LogP contribution in [0.1, 0.15) is 62.3 Å². The molecule has 0 saturated carbocycles. The molecule has 13 nitrogen and oxygen atoms in total. The molecule has 0 radical (unpaired) electrons. The Morgan fingerprint density at radius 3 is 2.43 bits per heavy atom. The van der Waals surface area contributed by atoms with Gasteiger partial charge in [0, 0.05) is 66.9 Å². The average Bonchev–Trinajstić information content (AvgIpc) is 3.08. The van der Waals surface area contributed by atoms with Crippen LogP contribution in [0.4, 0.5) is 0 Å². The van der Waals surface area contributed by atoms with E-state index in [1.165, 1.54) is 12.1 Å². The van der Waals surface area contributed by atoms with Crippen LogP contribution in [-0.4, -0.2) is 85.8 Å². The number of carbonyl (C=O) groups is 2. The number of piperazine rings is 1. The first-order valence-corrected chi connectivity index (χ1v) is 19.3. The minimum Gasteiger partial charge on any atom is -0.487 e. The van der Waals surface area contributed by atoms with Crippen molar-refractivity contribution in [3.8, 4) is 5.75 Å². The molecule has 0 bridgehead atoms. The number of hydrogen-bond donors (Lipinski definition) is 4. The molecule has 1 aliphatic rings. The predicted octanol–water partition coefficient (Wildman–Crippen LogP) is 4.02. The van der Waals surface area contributed by atoms with Crippen molar-refractivity contribution >= 4 is 61.9 Å². The number of amides is 2. The lowest BCUT2D eigenvalue weighted by atomic mass is 10.1. The van der Waals surface area contributed by atoms with Gasteiger partial charge in [-0.2, -0.15) is 4.72 Å². The number of nitrogens with zero attached hydrogens (tertiary/aromatic N) is 4. The molecule has 7 N–H and O–H groups in total. The van der Waals surface area contributed by atoms with Crippen molar-refractivity contribution in [1.29, 1.82) is 0 Å². The summed E-state index contributed by atoms with van der Waals surface area (Å²) >= 11 is 13.2. The number of fused-ring (bicyclic) bond motifs is 1. The Hall–Kier alpha value is -3.69. The molecule has 0 spiro atoms. The van der Waals surface area contributed by atoms with Gasteiger partial charge in [0.2, 0.25) is 21.8 Å². The van der Waals surface area contributed by atoms with Gasteiger partial charge in [-0.15, -0.1) is 0 Å². The molecule has 1 fully saturated rings. The highest BCUT2D eigenvalue weighted by Gasteiger charge is 2.33. The Labute approximate surface area is 309 Å². The summed E-state index contributed by atoms with van der Waals surface area (Å²) in [6.07, 6.45) is 3.07. The zero-order valence-electron chi connectivity index (χ0n) is 29.3. The van der Waals surface area contributed by atoms with Crippen LogP contribution in [0, 0.1) is 13.8 Å². The SMILES string of the molecule is CCCC[C@H](NS(=O)(=O)c1ccc(Cl)c(COc2cccc3c(C)cc(C)nc23)c1Cl)C(=O)N1CCN(C(=O)C[C@@H](N)CCCN=C(N)N)CC1. The van der Waals surface area contributed by atoms with E-state index in [9.17, 15) is 18.0 Å². The number of ether oxygens (including phenoxy) is 1. The molecule has 0 unspecified atom stereocenters. The van der Waals surface area contributed by atoms with Crippen LogP contribution in [0.2, 0.25) is 10.0 Å². The van der Waals surface area contributed by atoms with Crippen LogP contribution < -0.4 is 26.7 Å². The monoisotopic (exact) mass is 762 g/mol. The Kier molecular flexibility index (Phi) is 14.3. The van der Waals surface area contributed by atoms with Gasteiger partial charge < -0.3 is 31.7 Å². The second kappa shape index (κ2) is 18.2. The van der Waals surface area contributed by atoms with Crippen LogP contribution in [0.3, 0.4) is 0 Å². The number of benzene rings is 2. The molecule has 278 valence electrons. The van der Waals surface area contributed by atoms with E-state index in [-0.39, 0.29) is 76.9 Å². The van der Waals surface area contributed by atoms with Gasteiger partial charge in [-0.3, -0.25) is 14.6 Å². The Bertz CT molecular complexity index is 1850. The summed E-state index contributed by atoms with van der Waals surface area (Å²) in [5.41, 5.74) is 19.7. The smallest absolute Gasteiger partial charge is 0.242 e. The van der Waals surface area contributed by atoms with Crippen molar-refractivity contribution in [2.75, 3.05) is 32.7 Å². The molecule has 1 aromatic heterocycles. The topological polar surface area (TPSA) is 199 Å². The molecule has 1 saturated heterocycles. The van der Waals surface area contributed by atoms with Crippen molar-refractivity contribution < 1.29 is 22.7 Å². The van der Waals surface area contributed by atoms with Crippen LogP contribution in [0.5, 0.6) is 5.75 Å². The fraction of sp³-hybridized carbons (Fsp3) is 0.486. The van der Waals surface area contributed by atoms with Gasteiger partial charge in [0.15, 0.2) is 5.96 Å². The second-order valence-electron chi connectivity index (χ2n) is 12.8. The number of halogens is 2. The number of unbranched alkanes of at least 4 members (excludes halogenated alkanes) is 1. The highest BCUT2D eigenvalue weighted by atomic mass is 35.5. The highest BCUT2D eigenvalue weighted by Crippen LogP contribution is 2.34. The van der Waals surface area contributed by atoms with Gasteiger partial charge in [-0.05, 0) is 62.9 Å². The first-order valence-electron chi connectivity index (χ1n) is 17.1. The third-order valence-electron chi connectivity index (χ3n) is 8.80. The number of nitrogens with one attached hydrogen (secondary N) is 1. The quantitative estimate of drug-likeness (QED) is 0.0946. The maximum absolute atomic E-state index is 13.8. The molecule has 2 atom stereocenters. The van der Waals surface area contributed by atoms with E-state index in [0.29, 0.717) is 50.2 Å². The van der Waals surface area contributed by atoms with Gasteiger partial charge in [-0.1, -0.05) is 55.1 Å². The van der Waals surface area contributed by atoms with Crippen LogP contribution in [0.15, 0.2) is 46.3 Å². The third kappa shape index (κ3) is 10.7. The van der Waals surface area contributed by atoms with Gasteiger partial charge in [0.1, 0.15) is 28.8 Å². The van der Waals surface area contributed by atoms with Crippen molar-refractivity contribution in [2.24, 2.45) is 22.2 Å². The molecule has 2 aromatic carbocycles. The van der Waals surface area contributed by atoms with Crippen LogP contribution in [-0.2, 0) is 26.2 Å². The molecule has 0 aliphatic carbocycles. The predicted molar refractivity (Wildman–Crippen MR) is 201 cm³/mol. The van der Waals surface area contributed by atoms with Gasteiger partial charge >= 0.3 is 0 Å². The fourth-order valence-electron chi connectivity index (χ4n) is 6.04. The zero-order valence-corrected chi connectivity index (χ0v) is 31.7. The number of sulfonamides is 1. The molecular formula is C35H48Cl2N8O5S. The fourth-order valence-corrected chi connectivity index (χ4v) is 8.15. The Morgan fingerprint density at radius 1 is 1.04 bits per heavy atom. The molecule has 51 heavy (non-hydrogen) atoms. The number of hydrogen-bond acceptors (Lipinski definition) is 8. The van der Waals surface area contributed by atoms with Crippen molar-refractivity contribution in [3.63, 3.8) is 0 Å². The minimum absolute atomic E-state index is 0.0153. The molecule has 2 heterocycles. The zero-order chi connectivity index (χ0) is 37.3. The summed E-state index contributed by atoms with van der Waals surface area (Å²) in [5.74, 6) is 0.0609. The summed E-state index contributed by atoms with van der Waals surface area (Å²) in [4.78, 5) is 38.3. The lowest BCUT2D eigenvalue weighted by molar-refractivity contribution is -0.140. The van der Waals surface area contributed by atoms with Gasteiger partial charge in [0.25, 0.3) is 0 Å². The lowest BCUT2D eigenvalue weighted by Gasteiger charge is -2.37. The number of para-hydroxylation sites is 1.